The van der Waals surface area contributed by atoms with Crippen LogP contribution in [-0.2, 0) is 10.0 Å². The maximum Gasteiger partial charge on any atom is 0.243 e. The maximum absolute atomic E-state index is 13.5. The van der Waals surface area contributed by atoms with E-state index < -0.39 is 15.8 Å². The van der Waals surface area contributed by atoms with Gasteiger partial charge in [-0.15, -0.1) is 0 Å². The number of benzene rings is 1. The highest BCUT2D eigenvalue weighted by atomic mass is 32.2. The molecule has 0 saturated carbocycles. The van der Waals surface area contributed by atoms with Gasteiger partial charge in [0.15, 0.2) is 0 Å². The average molecular weight is 292 g/mol. The number of nitrogens with zero attached hydrogens (tertiary/aromatic N) is 1. The first kappa shape index (κ1) is 15.3. The third-order valence-corrected chi connectivity index (χ3v) is 5.19. The second-order valence-corrected chi connectivity index (χ2v) is 6.94. The molecule has 2 N–H and O–H groups in total. The Morgan fingerprint density at radius 2 is 2.06 bits per heavy atom. The molecule has 0 fully saturated rings. The molecule has 1 aromatic carbocycles. The zero-order valence-corrected chi connectivity index (χ0v) is 12.2. The molecule has 0 atom stereocenters. The molecule has 1 rings (SSSR count). The van der Waals surface area contributed by atoms with Crippen molar-refractivity contribution in [1.82, 2.24) is 4.31 Å². The fraction of sp³-hybridized carbons (Fsp3) is 0.455. The van der Waals surface area contributed by atoms with Crippen LogP contribution in [0.1, 0.15) is 5.56 Å². The van der Waals surface area contributed by atoms with Crippen LogP contribution in [0.25, 0.3) is 0 Å². The number of hydrogen-bond donors (Lipinski definition) is 1. The quantitative estimate of drug-likeness (QED) is 0.839. The predicted molar refractivity (Wildman–Crippen MR) is 73.7 cm³/mol. The fourth-order valence-corrected chi connectivity index (χ4v) is 3.46. The summed E-state index contributed by atoms with van der Waals surface area (Å²) in [6.07, 6.45) is 1.89. The Kier molecular flexibility index (Phi) is 5.01. The predicted octanol–water partition coefficient (Wildman–Crippen LogP) is 1.70. The highest BCUT2D eigenvalue weighted by Crippen LogP contribution is 2.24. The van der Waals surface area contributed by atoms with Gasteiger partial charge in [-0.1, -0.05) is 0 Å². The smallest absolute Gasteiger partial charge is 0.243 e. The Hall–Kier alpha value is -0.790. The largest absolute Gasteiger partial charge is 0.399 e. The Balaban J connectivity index is 3.20. The lowest BCUT2D eigenvalue weighted by molar-refractivity contribution is 0.486. The van der Waals surface area contributed by atoms with Crippen LogP contribution in [0.3, 0.4) is 0 Å². The molecule has 0 saturated heterocycles. The lowest BCUT2D eigenvalue weighted by Crippen LogP contribution is -2.29. The van der Waals surface area contributed by atoms with Crippen molar-refractivity contribution in [3.05, 3.63) is 23.5 Å². The van der Waals surface area contributed by atoms with Gasteiger partial charge < -0.3 is 5.73 Å². The molecule has 102 valence electrons. The van der Waals surface area contributed by atoms with Crippen molar-refractivity contribution in [1.29, 1.82) is 0 Å². The molecule has 0 heterocycles. The van der Waals surface area contributed by atoms with Crippen molar-refractivity contribution in [2.75, 3.05) is 31.3 Å². The third-order valence-electron chi connectivity index (χ3n) is 2.62. The summed E-state index contributed by atoms with van der Waals surface area (Å²) >= 11 is 1.55. The summed E-state index contributed by atoms with van der Waals surface area (Å²) in [5, 5.41) is 0. The first-order chi connectivity index (χ1) is 8.30. The maximum atomic E-state index is 13.5. The average Bonchev–Trinajstić information content (AvgIpc) is 2.30. The molecule has 0 radical (unpaired) electrons. The van der Waals surface area contributed by atoms with Gasteiger partial charge in [-0.3, -0.25) is 0 Å². The number of rotatable bonds is 5. The van der Waals surface area contributed by atoms with Crippen molar-refractivity contribution in [3.8, 4) is 0 Å². The van der Waals surface area contributed by atoms with Gasteiger partial charge in [-0.05, 0) is 25.3 Å². The molecule has 0 aliphatic rings. The van der Waals surface area contributed by atoms with Gasteiger partial charge in [0, 0.05) is 30.6 Å². The monoisotopic (exact) mass is 292 g/mol. The van der Waals surface area contributed by atoms with Crippen LogP contribution in [0, 0.1) is 12.7 Å². The molecule has 1 aromatic rings. The highest BCUT2D eigenvalue weighted by Gasteiger charge is 2.24. The second-order valence-electron chi connectivity index (χ2n) is 3.95. The van der Waals surface area contributed by atoms with Crippen LogP contribution >= 0.6 is 11.8 Å². The summed E-state index contributed by atoms with van der Waals surface area (Å²) in [7, 11) is -2.21. The van der Waals surface area contributed by atoms with Gasteiger partial charge in [0.25, 0.3) is 0 Å². The molecule has 0 spiro atoms. The Morgan fingerprint density at radius 3 is 2.61 bits per heavy atom. The van der Waals surface area contributed by atoms with E-state index in [-0.39, 0.29) is 16.1 Å². The van der Waals surface area contributed by atoms with E-state index in [9.17, 15) is 12.8 Å². The normalized spacial score (nSPS) is 12.1. The molecular weight excluding hydrogens is 275 g/mol. The van der Waals surface area contributed by atoms with E-state index in [2.05, 4.69) is 0 Å². The van der Waals surface area contributed by atoms with E-state index in [4.69, 9.17) is 5.73 Å². The summed E-state index contributed by atoms with van der Waals surface area (Å²) in [4.78, 5) is -0.0661. The molecule has 7 heteroatoms. The van der Waals surface area contributed by atoms with E-state index >= 15 is 0 Å². The van der Waals surface area contributed by atoms with E-state index in [1.54, 1.807) is 11.8 Å². The van der Waals surface area contributed by atoms with Gasteiger partial charge in [-0.2, -0.15) is 11.8 Å². The number of thioether (sulfide) groups is 1. The van der Waals surface area contributed by atoms with Gasteiger partial charge in [0.05, 0.1) is 4.90 Å². The van der Waals surface area contributed by atoms with Crippen LogP contribution in [0.5, 0.6) is 0 Å². The number of halogens is 1. The van der Waals surface area contributed by atoms with Crippen LogP contribution in [-0.4, -0.2) is 38.3 Å². The lowest BCUT2D eigenvalue weighted by atomic mass is 10.2. The minimum atomic E-state index is -3.69. The van der Waals surface area contributed by atoms with Crippen molar-refractivity contribution in [3.63, 3.8) is 0 Å². The Morgan fingerprint density at radius 1 is 1.44 bits per heavy atom. The topological polar surface area (TPSA) is 63.4 Å². The number of sulfonamides is 1. The van der Waals surface area contributed by atoms with Gasteiger partial charge in [0.2, 0.25) is 10.0 Å². The summed E-state index contributed by atoms with van der Waals surface area (Å²) < 4.78 is 39.2. The molecule has 0 unspecified atom stereocenters. The van der Waals surface area contributed by atoms with Gasteiger partial charge in [0.1, 0.15) is 5.82 Å². The summed E-state index contributed by atoms with van der Waals surface area (Å²) in [6.45, 7) is 1.81. The summed E-state index contributed by atoms with van der Waals surface area (Å²) in [5.74, 6) is 0.0754. The van der Waals surface area contributed by atoms with Crippen LogP contribution in [0.4, 0.5) is 10.1 Å². The minimum absolute atomic E-state index is 0.0661. The van der Waals surface area contributed by atoms with Crippen molar-refractivity contribution in [2.24, 2.45) is 0 Å². The lowest BCUT2D eigenvalue weighted by Gasteiger charge is -2.18. The fourth-order valence-electron chi connectivity index (χ4n) is 1.45. The number of nitrogen functional groups attached to an aromatic ring is 1. The number of anilines is 1. The van der Waals surface area contributed by atoms with Crippen LogP contribution < -0.4 is 5.73 Å². The van der Waals surface area contributed by atoms with Crippen molar-refractivity contribution < 1.29 is 12.8 Å². The number of hydrogen-bond acceptors (Lipinski definition) is 4. The number of nitrogens with two attached hydrogens (primary N) is 1. The van der Waals surface area contributed by atoms with Crippen molar-refractivity contribution in [2.45, 2.75) is 11.8 Å². The first-order valence-electron chi connectivity index (χ1n) is 5.31. The molecule has 0 aliphatic carbocycles. The minimum Gasteiger partial charge on any atom is -0.399 e. The second kappa shape index (κ2) is 5.90. The molecule has 0 amide bonds. The SMILES string of the molecule is CSCCN(C)S(=O)(=O)c1cc(N)cc(F)c1C. The molecule has 4 nitrogen and oxygen atoms in total. The zero-order valence-electron chi connectivity index (χ0n) is 10.6. The van der Waals surface area contributed by atoms with E-state index in [1.807, 2.05) is 6.26 Å². The van der Waals surface area contributed by atoms with Gasteiger partial charge >= 0.3 is 0 Å². The van der Waals surface area contributed by atoms with E-state index in [1.165, 1.54) is 24.3 Å². The van der Waals surface area contributed by atoms with Crippen molar-refractivity contribution >= 4 is 27.5 Å². The highest BCUT2D eigenvalue weighted by molar-refractivity contribution is 7.98. The molecule has 18 heavy (non-hydrogen) atoms. The van der Waals surface area contributed by atoms with Gasteiger partial charge in [-0.25, -0.2) is 17.1 Å². The van der Waals surface area contributed by atoms with E-state index in [0.29, 0.717) is 12.3 Å². The zero-order chi connectivity index (χ0) is 13.9. The summed E-state index contributed by atoms with van der Waals surface area (Å²) in [6, 6.07) is 2.42. The Bertz CT molecular complexity index is 532. The molecule has 0 aromatic heterocycles. The Labute approximate surface area is 111 Å². The molecule has 0 bridgehead atoms. The van der Waals surface area contributed by atoms with Crippen LogP contribution in [0.2, 0.25) is 0 Å². The third kappa shape index (κ3) is 3.15. The first-order valence-corrected chi connectivity index (χ1v) is 8.15. The van der Waals surface area contributed by atoms with Crippen LogP contribution in [0.15, 0.2) is 17.0 Å². The molecular formula is C11H17FN2O2S2. The van der Waals surface area contributed by atoms with E-state index in [0.717, 1.165) is 6.07 Å². The standard InChI is InChI=1S/C11H17FN2O2S2/c1-8-10(12)6-9(13)7-11(8)18(15,16)14(2)4-5-17-3/h6-7H,4-5,13H2,1-3H3. The summed E-state index contributed by atoms with van der Waals surface area (Å²) in [5.41, 5.74) is 5.70. The molecule has 0 aliphatic heterocycles.